The van der Waals surface area contributed by atoms with Crippen molar-refractivity contribution in [1.29, 1.82) is 0 Å². The van der Waals surface area contributed by atoms with E-state index in [1.54, 1.807) is 43.3 Å². The van der Waals surface area contributed by atoms with Crippen LogP contribution in [0.4, 0.5) is 0 Å². The molecule has 0 amide bonds. The third-order valence-corrected chi connectivity index (χ3v) is 12.4. The van der Waals surface area contributed by atoms with Crippen LogP contribution in [-0.4, -0.2) is 32.0 Å². The highest BCUT2D eigenvalue weighted by molar-refractivity contribution is 6.33. The fourth-order valence-electron chi connectivity index (χ4n) is 6.81. The van der Waals surface area contributed by atoms with Crippen molar-refractivity contribution in [1.82, 2.24) is 5.43 Å². The SMILES string of the molecule is CC(=O)C1CC1.Clc1ccccc1C1CC(C2CC2)=NN1.Clc1ccccc1[C@H]1CC1C1CC1.O=C(/C=C/c1ccccc1Cl)C1CC1.O=Cc1ccccc1Cl.[B]. The van der Waals surface area contributed by atoms with E-state index in [1.807, 2.05) is 54.6 Å². The molecule has 0 spiro atoms. The summed E-state index contributed by atoms with van der Waals surface area (Å²) in [4.78, 5) is 31.7. The number of Topliss-reactive ketones (excluding diaryl/α,β-unsaturated/α-hetero) is 1. The number of hydrogen-bond acceptors (Lipinski definition) is 5. The molecular weight excluding hydrogens is 805 g/mol. The van der Waals surface area contributed by atoms with Gasteiger partial charge in [-0.15, -0.1) is 0 Å². The number of carbonyl (C=O) groups excluding carboxylic acids is 3. The summed E-state index contributed by atoms with van der Waals surface area (Å²) in [5, 5.41) is 7.40. The maximum atomic E-state index is 11.4. The molecule has 5 fully saturated rings. The molecule has 1 N–H and O–H groups in total. The van der Waals surface area contributed by atoms with Crippen LogP contribution in [0.1, 0.15) is 110 Å². The zero-order valence-electron chi connectivity index (χ0n) is 32.8. The number of hydrogen-bond donors (Lipinski definition) is 1. The number of allylic oxidation sites excluding steroid dienone is 1. The summed E-state index contributed by atoms with van der Waals surface area (Å²) in [5.74, 6) is 4.91. The Kier molecular flexibility index (Phi) is 17.3. The molecule has 10 heteroatoms. The van der Waals surface area contributed by atoms with Crippen molar-refractivity contribution in [2.45, 2.75) is 83.1 Å². The molecule has 301 valence electrons. The first-order valence-electron chi connectivity index (χ1n) is 20.1. The molecule has 0 bridgehead atoms. The second kappa shape index (κ2) is 22.1. The second-order valence-corrected chi connectivity index (χ2v) is 17.3. The molecule has 0 aromatic heterocycles. The molecule has 5 saturated carbocycles. The molecule has 5 aliphatic carbocycles. The van der Waals surface area contributed by atoms with Crippen LogP contribution in [0, 0.1) is 29.6 Å². The maximum Gasteiger partial charge on any atom is 0.158 e. The monoisotopic (exact) mass is 853 g/mol. The highest BCUT2D eigenvalue weighted by Gasteiger charge is 2.48. The quantitative estimate of drug-likeness (QED) is 0.103. The van der Waals surface area contributed by atoms with E-state index in [9.17, 15) is 14.4 Å². The summed E-state index contributed by atoms with van der Waals surface area (Å²) in [7, 11) is 0. The van der Waals surface area contributed by atoms with Gasteiger partial charge in [0.15, 0.2) is 12.1 Å². The Morgan fingerprint density at radius 2 is 1.17 bits per heavy atom. The predicted molar refractivity (Wildman–Crippen MR) is 241 cm³/mol. The lowest BCUT2D eigenvalue weighted by molar-refractivity contribution is -0.118. The topological polar surface area (TPSA) is 75.6 Å². The van der Waals surface area contributed by atoms with Gasteiger partial charge in [-0.1, -0.05) is 119 Å². The van der Waals surface area contributed by atoms with E-state index in [4.69, 9.17) is 46.4 Å². The molecule has 1 heterocycles. The molecule has 6 aliphatic rings. The van der Waals surface area contributed by atoms with Crippen molar-refractivity contribution in [3.8, 4) is 0 Å². The lowest BCUT2D eigenvalue weighted by Crippen LogP contribution is -2.10. The maximum absolute atomic E-state index is 11.4. The van der Waals surface area contributed by atoms with Crippen molar-refractivity contribution < 1.29 is 14.4 Å². The van der Waals surface area contributed by atoms with Gasteiger partial charge in [0.05, 0.1) is 11.1 Å². The van der Waals surface area contributed by atoms with Crippen LogP contribution in [-0.2, 0) is 9.59 Å². The third-order valence-electron chi connectivity index (χ3n) is 11.0. The van der Waals surface area contributed by atoms with E-state index in [0.29, 0.717) is 27.3 Å². The van der Waals surface area contributed by atoms with Crippen LogP contribution in [0.2, 0.25) is 20.1 Å². The smallest absolute Gasteiger partial charge is 0.158 e. The molecule has 3 radical (unpaired) electrons. The fourth-order valence-corrected chi connectivity index (χ4v) is 7.74. The third kappa shape index (κ3) is 14.3. The van der Waals surface area contributed by atoms with Crippen LogP contribution >= 0.6 is 46.4 Å². The number of carbonyl (C=O) groups is 3. The Labute approximate surface area is 365 Å². The molecule has 4 aromatic rings. The van der Waals surface area contributed by atoms with Gasteiger partial charge in [0, 0.05) is 53.0 Å². The van der Waals surface area contributed by atoms with Crippen molar-refractivity contribution in [2.24, 2.45) is 34.7 Å². The number of benzene rings is 4. The molecule has 5 nitrogen and oxygen atoms in total. The Hall–Kier alpha value is -3.68. The summed E-state index contributed by atoms with van der Waals surface area (Å²) in [6, 6.07) is 31.0. The van der Waals surface area contributed by atoms with Crippen molar-refractivity contribution in [3.05, 3.63) is 145 Å². The van der Waals surface area contributed by atoms with Gasteiger partial charge in [0.2, 0.25) is 0 Å². The van der Waals surface area contributed by atoms with Crippen LogP contribution in [0.25, 0.3) is 6.08 Å². The van der Waals surface area contributed by atoms with Crippen molar-refractivity contribution >= 4 is 84.5 Å². The summed E-state index contributed by atoms with van der Waals surface area (Å²) < 4.78 is 0. The fraction of sp³-hybridized carbons (Fsp3) is 0.375. The van der Waals surface area contributed by atoms with Gasteiger partial charge in [0.25, 0.3) is 0 Å². The number of hydrazone groups is 1. The average Bonchev–Trinajstić information content (AvgIpc) is 3.99. The molecule has 10 rings (SSSR count). The number of nitrogens with one attached hydrogen (secondary N) is 1. The van der Waals surface area contributed by atoms with Gasteiger partial charge in [-0.05, 0) is 141 Å². The zero-order valence-corrected chi connectivity index (χ0v) is 35.9. The normalized spacial score (nSPS) is 21.0. The summed E-state index contributed by atoms with van der Waals surface area (Å²) in [5.41, 5.74) is 8.52. The van der Waals surface area contributed by atoms with Crippen molar-refractivity contribution in [3.63, 3.8) is 0 Å². The number of halogens is 4. The number of aldehydes is 1. The Morgan fingerprint density at radius 3 is 1.62 bits per heavy atom. The minimum Gasteiger partial charge on any atom is -0.302 e. The highest BCUT2D eigenvalue weighted by Crippen LogP contribution is 2.60. The van der Waals surface area contributed by atoms with Crippen LogP contribution in [0.15, 0.2) is 108 Å². The predicted octanol–water partition coefficient (Wildman–Crippen LogP) is 13.1. The van der Waals surface area contributed by atoms with E-state index in [-0.39, 0.29) is 26.2 Å². The summed E-state index contributed by atoms with van der Waals surface area (Å²) in [6.07, 6.45) is 16.5. The minimum absolute atomic E-state index is 0. The van der Waals surface area contributed by atoms with Gasteiger partial charge in [-0.3, -0.25) is 14.4 Å². The van der Waals surface area contributed by atoms with E-state index in [2.05, 4.69) is 28.7 Å². The van der Waals surface area contributed by atoms with Crippen LogP contribution < -0.4 is 5.43 Å². The number of rotatable bonds is 9. The van der Waals surface area contributed by atoms with Crippen LogP contribution in [0.5, 0.6) is 0 Å². The Morgan fingerprint density at radius 1 is 0.655 bits per heavy atom. The average molecular weight is 856 g/mol. The first kappa shape index (κ1) is 45.4. The van der Waals surface area contributed by atoms with Crippen molar-refractivity contribution in [2.75, 3.05) is 0 Å². The standard InChI is InChI=1S/C12H13ClN2.C12H11ClO.C12H13Cl.C7H5ClO.C5H8O.B/c13-10-4-2-1-3-9(10)12-7-11(14-15-12)8-5-6-8;13-11-4-2-1-3-9(11)7-8-12(14)10-5-6-10;13-12-4-2-1-3-9(12)11-7-10(11)8-5-6-8;8-7-4-2-1-3-6(7)5-9;1-4(6)5-2-3-5;/h1-4,8,12,15H,5-7H2;1-4,7-8,10H,5-6H2;1-4,8,10-11H,5-7H2;1-5H;5H,2-3H2,1H3;/b;8-7+;;;;/t;;10?,11-;;;/m..1.../s1. The highest BCUT2D eigenvalue weighted by atomic mass is 35.5. The number of nitrogens with zero attached hydrogens (tertiary/aromatic N) is 1. The Balaban J connectivity index is 0.000000141. The van der Waals surface area contributed by atoms with E-state index < -0.39 is 0 Å². The van der Waals surface area contributed by atoms with E-state index >= 15 is 0 Å². The first-order valence-corrected chi connectivity index (χ1v) is 21.6. The lowest BCUT2D eigenvalue weighted by Gasteiger charge is -2.11. The van der Waals surface area contributed by atoms with Gasteiger partial charge in [-0.25, -0.2) is 0 Å². The minimum atomic E-state index is 0. The summed E-state index contributed by atoms with van der Waals surface area (Å²) in [6.45, 7) is 1.66. The van der Waals surface area contributed by atoms with Crippen LogP contribution in [0.3, 0.4) is 0 Å². The summed E-state index contributed by atoms with van der Waals surface area (Å²) >= 11 is 23.8. The van der Waals surface area contributed by atoms with Gasteiger partial charge < -0.3 is 5.43 Å². The second-order valence-electron chi connectivity index (χ2n) is 15.7. The molecule has 3 atom stereocenters. The number of ketones is 2. The van der Waals surface area contributed by atoms with Gasteiger partial charge in [0.1, 0.15) is 5.78 Å². The van der Waals surface area contributed by atoms with E-state index in [1.165, 1.54) is 48.9 Å². The lowest BCUT2D eigenvalue weighted by atomic mass is 10.0. The molecule has 4 aromatic carbocycles. The molecule has 0 saturated heterocycles. The van der Waals surface area contributed by atoms with Gasteiger partial charge in [-0.2, -0.15) is 5.10 Å². The molecule has 1 aliphatic heterocycles. The largest absolute Gasteiger partial charge is 0.302 e. The zero-order chi connectivity index (χ0) is 40.3. The first-order chi connectivity index (χ1) is 27.6. The molecule has 58 heavy (non-hydrogen) atoms. The molecule has 2 unspecified atom stereocenters. The van der Waals surface area contributed by atoms with Gasteiger partial charge >= 0.3 is 0 Å². The van der Waals surface area contributed by atoms with E-state index in [0.717, 1.165) is 77.7 Å². The Bertz CT molecular complexity index is 2070. The molecular formula is C48H50BCl4N2O3.